The Labute approximate surface area is 185 Å². The maximum atomic E-state index is 10.9. The summed E-state index contributed by atoms with van der Waals surface area (Å²) >= 11 is 0. The molecule has 0 radical (unpaired) electrons. The van der Waals surface area contributed by atoms with E-state index in [2.05, 4.69) is 10.2 Å². The van der Waals surface area contributed by atoms with Crippen LogP contribution in [-0.4, -0.2) is 43.0 Å². The number of anilines is 2. The molecule has 8 N–H and O–H groups in total. The summed E-state index contributed by atoms with van der Waals surface area (Å²) in [6, 6.07) is 2.80. The molecule has 0 aliphatic heterocycles. The van der Waals surface area contributed by atoms with Gasteiger partial charge in [-0.3, -0.25) is 13.9 Å². The second-order valence-electron chi connectivity index (χ2n) is 7.58. The van der Waals surface area contributed by atoms with Crippen LogP contribution in [0, 0.1) is 11.3 Å². The third-order valence-electron chi connectivity index (χ3n) is 5.40. The molecule has 2 aromatic rings. The summed E-state index contributed by atoms with van der Waals surface area (Å²) in [6.45, 7) is 0. The Kier molecular flexibility index (Phi) is 8.58. The summed E-state index contributed by atoms with van der Waals surface area (Å²) < 4.78 is 35.1. The summed E-state index contributed by atoms with van der Waals surface area (Å²) in [7, 11) is -4.67. The molecule has 2 aromatic heterocycles. The maximum absolute atomic E-state index is 10.9. The monoisotopic (exact) mass is 468 g/mol. The number of nitriles is 1. The van der Waals surface area contributed by atoms with Gasteiger partial charge in [0.2, 0.25) is 0 Å². The first-order valence-corrected chi connectivity index (χ1v) is 11.5. The third-order valence-corrected chi connectivity index (χ3v) is 5.40. The van der Waals surface area contributed by atoms with Crippen LogP contribution < -0.4 is 17.2 Å². The van der Waals surface area contributed by atoms with Gasteiger partial charge in [-0.25, -0.2) is 9.36 Å². The van der Waals surface area contributed by atoms with E-state index in [1.165, 1.54) is 31.9 Å². The summed E-state index contributed by atoms with van der Waals surface area (Å²) in [5.74, 6) is 0.422. The van der Waals surface area contributed by atoms with Crippen molar-refractivity contribution in [2.75, 3.05) is 11.5 Å². The van der Waals surface area contributed by atoms with Gasteiger partial charge in [-0.05, 0) is 25.7 Å². The van der Waals surface area contributed by atoms with E-state index in [1.807, 2.05) is 6.07 Å². The number of carbonyl (C=O) groups excluding carboxylic acids is 1. The predicted octanol–water partition coefficient (Wildman–Crippen LogP) is 1.48. The maximum Gasteiger partial charge on any atom is 0.394 e. The van der Waals surface area contributed by atoms with Crippen LogP contribution in [0.15, 0.2) is 12.4 Å². The summed E-state index contributed by atoms with van der Waals surface area (Å²) in [5, 5.41) is 16.9. The number of nitrogens with zero attached hydrogens (tertiary/aromatic N) is 5. The molecule has 0 unspecified atom stereocenters. The van der Waals surface area contributed by atoms with Gasteiger partial charge in [-0.1, -0.05) is 25.7 Å². The average molecular weight is 469 g/mol. The number of nitrogens with two attached hydrogens (primary N) is 3. The normalized spacial score (nSPS) is 16.5. The lowest BCUT2D eigenvalue weighted by Crippen LogP contribution is -2.15. The standard InChI is InChI=1S/C9H14N4O.C9H12N4.H2O4S/c10-8-7(9(11)14)5-12-13(8)6-3-1-2-4-6;10-5-7-6-12-13(9(7)11)8-3-1-2-4-8;1-5(2,3)4/h5-6H,1-4,10H2,(H2,11,14);6,8H,1-4,11H2;(H2,1,2,3,4). The lowest BCUT2D eigenvalue weighted by atomic mass is 10.2. The van der Waals surface area contributed by atoms with E-state index in [0.29, 0.717) is 34.8 Å². The molecule has 0 aromatic carbocycles. The molecule has 0 atom stereocenters. The highest BCUT2D eigenvalue weighted by atomic mass is 32.3. The van der Waals surface area contributed by atoms with Gasteiger partial charge in [0, 0.05) is 0 Å². The molecule has 2 fully saturated rings. The molecular formula is C18H28N8O5S. The molecule has 32 heavy (non-hydrogen) atoms. The van der Waals surface area contributed by atoms with Crippen molar-refractivity contribution in [2.45, 2.75) is 63.5 Å². The van der Waals surface area contributed by atoms with Crippen molar-refractivity contribution in [2.24, 2.45) is 5.73 Å². The van der Waals surface area contributed by atoms with Crippen molar-refractivity contribution in [3.8, 4) is 6.07 Å². The minimum Gasteiger partial charge on any atom is -0.383 e. The van der Waals surface area contributed by atoms with Gasteiger partial charge in [0.25, 0.3) is 5.91 Å². The van der Waals surface area contributed by atoms with Crippen molar-refractivity contribution in [1.82, 2.24) is 19.6 Å². The second-order valence-corrected chi connectivity index (χ2v) is 8.47. The number of primary amides is 1. The third kappa shape index (κ3) is 6.94. The van der Waals surface area contributed by atoms with Gasteiger partial charge in [0.15, 0.2) is 0 Å². The van der Waals surface area contributed by atoms with Crippen LogP contribution >= 0.6 is 0 Å². The highest BCUT2D eigenvalue weighted by Crippen LogP contribution is 2.32. The minimum atomic E-state index is -4.67. The SMILES string of the molecule is N#Cc1cnn(C2CCCC2)c1N.NC(=O)c1cnn(C2CCCC2)c1N.O=S(=O)(O)O. The average Bonchev–Trinajstić information content (AvgIpc) is 3.48. The van der Waals surface area contributed by atoms with E-state index in [9.17, 15) is 4.79 Å². The fraction of sp³-hybridized carbons (Fsp3) is 0.556. The highest BCUT2D eigenvalue weighted by molar-refractivity contribution is 7.79. The van der Waals surface area contributed by atoms with Gasteiger partial charge in [0.05, 0.1) is 24.5 Å². The van der Waals surface area contributed by atoms with Crippen molar-refractivity contribution >= 4 is 27.9 Å². The largest absolute Gasteiger partial charge is 0.394 e. The molecule has 2 saturated carbocycles. The van der Waals surface area contributed by atoms with Gasteiger partial charge in [-0.15, -0.1) is 0 Å². The van der Waals surface area contributed by atoms with Crippen molar-refractivity contribution in [1.29, 1.82) is 5.26 Å². The number of aromatic nitrogens is 4. The molecule has 4 rings (SSSR count). The Balaban J connectivity index is 0.000000189. The van der Waals surface area contributed by atoms with Crippen molar-refractivity contribution in [3.05, 3.63) is 23.5 Å². The van der Waals surface area contributed by atoms with Gasteiger partial charge < -0.3 is 17.2 Å². The smallest absolute Gasteiger partial charge is 0.383 e. The van der Waals surface area contributed by atoms with E-state index in [0.717, 1.165) is 25.7 Å². The Hall–Kier alpha value is -3.15. The molecule has 0 spiro atoms. The van der Waals surface area contributed by atoms with Crippen LogP contribution in [0.3, 0.4) is 0 Å². The number of nitrogen functional groups attached to an aromatic ring is 2. The Bertz CT molecular complexity index is 1050. The molecule has 2 aliphatic rings. The van der Waals surface area contributed by atoms with Crippen LogP contribution in [0.4, 0.5) is 11.6 Å². The van der Waals surface area contributed by atoms with E-state index in [4.69, 9.17) is 40.0 Å². The molecule has 13 nitrogen and oxygen atoms in total. The van der Waals surface area contributed by atoms with Crippen LogP contribution in [0.2, 0.25) is 0 Å². The van der Waals surface area contributed by atoms with Crippen LogP contribution in [0.1, 0.15) is 79.4 Å². The Morgan fingerprint density at radius 3 is 1.72 bits per heavy atom. The number of hydrogen-bond acceptors (Lipinski definition) is 8. The van der Waals surface area contributed by atoms with E-state index >= 15 is 0 Å². The molecule has 2 aliphatic carbocycles. The molecule has 1 amide bonds. The van der Waals surface area contributed by atoms with Crippen molar-refractivity contribution < 1.29 is 22.3 Å². The summed E-state index contributed by atoms with van der Waals surface area (Å²) in [6.07, 6.45) is 12.3. The fourth-order valence-corrected chi connectivity index (χ4v) is 3.90. The highest BCUT2D eigenvalue weighted by Gasteiger charge is 2.22. The molecule has 2 heterocycles. The first-order valence-electron chi connectivity index (χ1n) is 10.1. The van der Waals surface area contributed by atoms with Crippen LogP contribution in [0.25, 0.3) is 0 Å². The summed E-state index contributed by atoms with van der Waals surface area (Å²) in [4.78, 5) is 10.9. The van der Waals surface area contributed by atoms with Gasteiger partial charge in [-0.2, -0.15) is 23.9 Å². The number of amides is 1. The molecule has 176 valence electrons. The lowest BCUT2D eigenvalue weighted by Gasteiger charge is -2.11. The first kappa shape index (κ1) is 25.1. The zero-order valence-corrected chi connectivity index (χ0v) is 18.3. The number of rotatable bonds is 3. The second kappa shape index (κ2) is 10.9. The van der Waals surface area contributed by atoms with E-state index in [1.54, 1.807) is 15.6 Å². The van der Waals surface area contributed by atoms with Gasteiger partial charge in [0.1, 0.15) is 28.8 Å². The molecule has 14 heteroatoms. The predicted molar refractivity (Wildman–Crippen MR) is 116 cm³/mol. The van der Waals surface area contributed by atoms with Crippen molar-refractivity contribution in [3.63, 3.8) is 0 Å². The zero-order valence-electron chi connectivity index (χ0n) is 17.5. The minimum absolute atomic E-state index is 0.330. The first-order chi connectivity index (χ1) is 15.0. The Morgan fingerprint density at radius 2 is 1.38 bits per heavy atom. The zero-order chi connectivity index (χ0) is 23.9. The topological polar surface area (TPSA) is 229 Å². The van der Waals surface area contributed by atoms with Crippen LogP contribution in [-0.2, 0) is 10.4 Å². The van der Waals surface area contributed by atoms with E-state index < -0.39 is 16.3 Å². The lowest BCUT2D eigenvalue weighted by molar-refractivity contribution is 0.100. The molecule has 0 bridgehead atoms. The van der Waals surface area contributed by atoms with Crippen LogP contribution in [0.5, 0.6) is 0 Å². The van der Waals surface area contributed by atoms with E-state index in [-0.39, 0.29) is 0 Å². The number of hydrogen-bond donors (Lipinski definition) is 5. The summed E-state index contributed by atoms with van der Waals surface area (Å²) in [5.41, 5.74) is 17.5. The molecule has 0 saturated heterocycles. The molecular weight excluding hydrogens is 440 g/mol. The quantitative estimate of drug-likeness (QED) is 0.407. The fourth-order valence-electron chi connectivity index (χ4n) is 3.90. The van der Waals surface area contributed by atoms with Gasteiger partial charge >= 0.3 is 10.4 Å². The number of carbonyl (C=O) groups is 1. The Morgan fingerprint density at radius 1 is 0.969 bits per heavy atom.